The summed E-state index contributed by atoms with van der Waals surface area (Å²) in [5.41, 5.74) is 2.28. The van der Waals surface area contributed by atoms with Crippen LogP contribution in [-0.2, 0) is 0 Å². The molecule has 4 nitrogen and oxygen atoms in total. The predicted octanol–water partition coefficient (Wildman–Crippen LogP) is 3.29. The van der Waals surface area contributed by atoms with Gasteiger partial charge in [-0.05, 0) is 44.9 Å². The summed E-state index contributed by atoms with van der Waals surface area (Å²) in [6.45, 7) is 6.29. The predicted molar refractivity (Wildman–Crippen MR) is 82.1 cm³/mol. The standard InChI is InChI=1S/C16H20N4/c1-13(2)12-15-17-16(19-10-6-7-11-19)18-20(15)14-8-4-3-5-9-14/h3-5,8-9,12H,6-7,10-11H2,1-2H3. The first kappa shape index (κ1) is 12.9. The van der Waals surface area contributed by atoms with Crippen molar-refractivity contribution in [2.75, 3.05) is 18.0 Å². The highest BCUT2D eigenvalue weighted by atomic mass is 15.4. The van der Waals surface area contributed by atoms with Crippen molar-refractivity contribution in [1.29, 1.82) is 0 Å². The Bertz CT molecular complexity index is 603. The second-order valence-electron chi connectivity index (χ2n) is 5.43. The number of allylic oxidation sites excluding steroid dienone is 1. The van der Waals surface area contributed by atoms with Crippen molar-refractivity contribution < 1.29 is 0 Å². The van der Waals surface area contributed by atoms with Crippen LogP contribution in [0.3, 0.4) is 0 Å². The van der Waals surface area contributed by atoms with Crippen molar-refractivity contribution in [2.45, 2.75) is 26.7 Å². The first-order chi connectivity index (χ1) is 9.74. The highest BCUT2D eigenvalue weighted by Crippen LogP contribution is 2.20. The van der Waals surface area contributed by atoms with E-state index in [4.69, 9.17) is 10.1 Å². The van der Waals surface area contributed by atoms with Gasteiger partial charge >= 0.3 is 0 Å². The fourth-order valence-corrected chi connectivity index (χ4v) is 2.47. The molecule has 20 heavy (non-hydrogen) atoms. The van der Waals surface area contributed by atoms with E-state index >= 15 is 0 Å². The maximum Gasteiger partial charge on any atom is 0.245 e. The lowest BCUT2D eigenvalue weighted by Gasteiger charge is -2.10. The molecule has 0 aliphatic carbocycles. The van der Waals surface area contributed by atoms with Crippen LogP contribution >= 0.6 is 0 Å². The molecule has 1 aliphatic rings. The largest absolute Gasteiger partial charge is 0.340 e. The van der Waals surface area contributed by atoms with Crippen molar-refractivity contribution in [3.8, 4) is 5.69 Å². The molecule has 0 spiro atoms. The van der Waals surface area contributed by atoms with Gasteiger partial charge in [0.25, 0.3) is 0 Å². The van der Waals surface area contributed by atoms with Crippen LogP contribution in [0, 0.1) is 0 Å². The molecule has 2 heterocycles. The van der Waals surface area contributed by atoms with Crippen LogP contribution in [0.1, 0.15) is 32.5 Å². The van der Waals surface area contributed by atoms with Crippen LogP contribution < -0.4 is 4.90 Å². The van der Waals surface area contributed by atoms with Gasteiger partial charge < -0.3 is 4.90 Å². The van der Waals surface area contributed by atoms with Crippen LogP contribution in [0.5, 0.6) is 0 Å². The number of nitrogens with zero attached hydrogens (tertiary/aromatic N) is 4. The van der Waals surface area contributed by atoms with Crippen molar-refractivity contribution >= 4 is 12.0 Å². The molecular weight excluding hydrogens is 248 g/mol. The molecule has 2 aromatic rings. The zero-order valence-corrected chi connectivity index (χ0v) is 12.1. The van der Waals surface area contributed by atoms with Gasteiger partial charge in [-0.15, -0.1) is 5.10 Å². The molecule has 3 rings (SSSR count). The second kappa shape index (κ2) is 5.49. The molecule has 1 aromatic carbocycles. The van der Waals surface area contributed by atoms with Gasteiger partial charge in [-0.2, -0.15) is 4.98 Å². The third-order valence-corrected chi connectivity index (χ3v) is 3.43. The quantitative estimate of drug-likeness (QED) is 0.856. The van der Waals surface area contributed by atoms with Gasteiger partial charge in [0.1, 0.15) is 0 Å². The van der Waals surface area contributed by atoms with Crippen LogP contribution in [0.2, 0.25) is 0 Å². The van der Waals surface area contributed by atoms with E-state index in [2.05, 4.69) is 37.0 Å². The molecular formula is C16H20N4. The molecule has 104 valence electrons. The van der Waals surface area contributed by atoms with Crippen LogP contribution in [0.15, 0.2) is 35.9 Å². The molecule has 0 N–H and O–H groups in total. The Kier molecular flexibility index (Phi) is 3.54. The average Bonchev–Trinajstić information content (AvgIpc) is 3.08. The number of rotatable bonds is 3. The van der Waals surface area contributed by atoms with Crippen LogP contribution in [0.4, 0.5) is 5.95 Å². The maximum absolute atomic E-state index is 4.71. The van der Waals surface area contributed by atoms with Crippen LogP contribution in [0.25, 0.3) is 11.8 Å². The Morgan fingerprint density at radius 1 is 1.10 bits per heavy atom. The summed E-state index contributed by atoms with van der Waals surface area (Å²) >= 11 is 0. The number of aromatic nitrogens is 3. The average molecular weight is 268 g/mol. The van der Waals surface area contributed by atoms with Gasteiger partial charge in [0.2, 0.25) is 5.95 Å². The monoisotopic (exact) mass is 268 g/mol. The van der Waals surface area contributed by atoms with Crippen LogP contribution in [-0.4, -0.2) is 27.9 Å². The lowest BCUT2D eigenvalue weighted by Crippen LogP contribution is -2.19. The Morgan fingerprint density at radius 2 is 1.80 bits per heavy atom. The van der Waals surface area contributed by atoms with Gasteiger partial charge in [0.15, 0.2) is 5.82 Å². The fourth-order valence-electron chi connectivity index (χ4n) is 2.47. The molecule has 1 aromatic heterocycles. The lowest BCUT2D eigenvalue weighted by molar-refractivity contribution is 0.837. The number of hydrogen-bond donors (Lipinski definition) is 0. The van der Waals surface area contributed by atoms with Gasteiger partial charge in [-0.3, -0.25) is 0 Å². The Hall–Kier alpha value is -2.10. The van der Waals surface area contributed by atoms with Gasteiger partial charge in [0.05, 0.1) is 5.69 Å². The van der Waals surface area contributed by atoms with E-state index in [0.29, 0.717) is 0 Å². The summed E-state index contributed by atoms with van der Waals surface area (Å²) in [4.78, 5) is 6.98. The molecule has 4 heteroatoms. The van der Waals surface area contributed by atoms with E-state index in [0.717, 1.165) is 30.5 Å². The molecule has 1 fully saturated rings. The van der Waals surface area contributed by atoms with Gasteiger partial charge in [-0.25, -0.2) is 4.68 Å². The molecule has 0 radical (unpaired) electrons. The zero-order chi connectivity index (χ0) is 13.9. The number of hydrogen-bond acceptors (Lipinski definition) is 3. The Morgan fingerprint density at radius 3 is 2.45 bits per heavy atom. The minimum atomic E-state index is 0.846. The van der Waals surface area contributed by atoms with Crippen molar-refractivity contribution in [1.82, 2.24) is 14.8 Å². The van der Waals surface area contributed by atoms with E-state index in [1.165, 1.54) is 18.4 Å². The zero-order valence-electron chi connectivity index (χ0n) is 12.1. The normalized spacial score (nSPS) is 14.6. The third-order valence-electron chi connectivity index (χ3n) is 3.43. The highest BCUT2D eigenvalue weighted by molar-refractivity contribution is 5.51. The van der Waals surface area contributed by atoms with E-state index in [-0.39, 0.29) is 0 Å². The van der Waals surface area contributed by atoms with E-state index in [1.54, 1.807) is 0 Å². The summed E-state index contributed by atoms with van der Waals surface area (Å²) in [5, 5.41) is 4.70. The van der Waals surface area contributed by atoms with Crippen molar-refractivity contribution in [3.05, 3.63) is 41.7 Å². The highest BCUT2D eigenvalue weighted by Gasteiger charge is 2.18. The van der Waals surface area contributed by atoms with Gasteiger partial charge in [0, 0.05) is 13.1 Å². The first-order valence-corrected chi connectivity index (χ1v) is 7.16. The lowest BCUT2D eigenvalue weighted by atomic mass is 10.3. The van der Waals surface area contributed by atoms with Crippen molar-refractivity contribution in [3.63, 3.8) is 0 Å². The van der Waals surface area contributed by atoms with E-state index in [9.17, 15) is 0 Å². The smallest absolute Gasteiger partial charge is 0.245 e. The molecule has 0 saturated carbocycles. The second-order valence-corrected chi connectivity index (χ2v) is 5.43. The molecule has 0 unspecified atom stereocenters. The molecule has 1 saturated heterocycles. The number of anilines is 1. The summed E-state index contributed by atoms with van der Waals surface area (Å²) in [5.74, 6) is 1.75. The fraction of sp³-hybridized carbons (Fsp3) is 0.375. The first-order valence-electron chi connectivity index (χ1n) is 7.16. The van der Waals surface area contributed by atoms with Gasteiger partial charge in [-0.1, -0.05) is 23.8 Å². The third kappa shape index (κ3) is 2.59. The summed E-state index contributed by atoms with van der Waals surface area (Å²) in [6, 6.07) is 10.2. The maximum atomic E-state index is 4.71. The number of benzene rings is 1. The summed E-state index contributed by atoms with van der Waals surface area (Å²) in [7, 11) is 0. The minimum absolute atomic E-state index is 0.846. The topological polar surface area (TPSA) is 34.0 Å². The minimum Gasteiger partial charge on any atom is -0.340 e. The molecule has 1 aliphatic heterocycles. The molecule has 0 atom stereocenters. The Balaban J connectivity index is 2.04. The molecule has 0 bridgehead atoms. The molecule has 0 amide bonds. The SMILES string of the molecule is CC(C)=Cc1nc(N2CCCC2)nn1-c1ccccc1. The Labute approximate surface area is 119 Å². The summed E-state index contributed by atoms with van der Waals surface area (Å²) < 4.78 is 1.93. The summed E-state index contributed by atoms with van der Waals surface area (Å²) in [6.07, 6.45) is 4.55. The van der Waals surface area contributed by atoms with E-state index in [1.807, 2.05) is 22.9 Å². The number of para-hydroxylation sites is 1. The van der Waals surface area contributed by atoms with Crippen molar-refractivity contribution in [2.24, 2.45) is 0 Å². The van der Waals surface area contributed by atoms with E-state index < -0.39 is 0 Å².